The van der Waals surface area contributed by atoms with Gasteiger partial charge in [-0.3, -0.25) is 9.80 Å². The number of piperazine rings is 1. The molecule has 1 saturated heterocycles. The molecule has 0 aliphatic carbocycles. The van der Waals surface area contributed by atoms with Crippen LogP contribution in [0.4, 0.5) is 0 Å². The summed E-state index contributed by atoms with van der Waals surface area (Å²) in [7, 11) is 0. The average Bonchev–Trinajstić information content (AvgIpc) is 3.27. The molecule has 0 radical (unpaired) electrons. The lowest BCUT2D eigenvalue weighted by molar-refractivity contribution is 0.0623. The standard InChI is InChI=1S/C32H40N4O.3ClH/c1-3-11-31-33-28-23-27(16-17-29(28)36(31)18-4-2)30(37)24-34-19-21-35(22-20-34)32(25-12-7-5-8-13-25)26-14-9-6-10-15-26;;;/h5-10,12-17,23,30,32,37H,3-4,11,18-22,24H2,1-2H3;3*1H. The highest BCUT2D eigenvalue weighted by Crippen LogP contribution is 2.30. The van der Waals surface area contributed by atoms with Gasteiger partial charge in [-0.05, 0) is 41.7 Å². The molecule has 218 valence electrons. The lowest BCUT2D eigenvalue weighted by atomic mass is 9.96. The van der Waals surface area contributed by atoms with E-state index in [1.807, 2.05) is 0 Å². The van der Waals surface area contributed by atoms with Crippen LogP contribution < -0.4 is 0 Å². The van der Waals surface area contributed by atoms with Crippen LogP contribution in [0.5, 0.6) is 0 Å². The van der Waals surface area contributed by atoms with Gasteiger partial charge < -0.3 is 9.67 Å². The van der Waals surface area contributed by atoms with Crippen LogP contribution >= 0.6 is 37.2 Å². The highest BCUT2D eigenvalue weighted by Gasteiger charge is 2.27. The van der Waals surface area contributed by atoms with Crippen molar-refractivity contribution >= 4 is 48.3 Å². The Hall–Kier alpha value is -2.12. The van der Waals surface area contributed by atoms with E-state index in [1.165, 1.54) is 16.6 Å². The zero-order chi connectivity index (χ0) is 25.6. The Balaban J connectivity index is 0.00000187. The van der Waals surface area contributed by atoms with Gasteiger partial charge in [0, 0.05) is 45.7 Å². The monoisotopic (exact) mass is 604 g/mol. The second-order valence-corrected chi connectivity index (χ2v) is 10.3. The molecule has 0 amide bonds. The molecule has 5 nitrogen and oxygen atoms in total. The topological polar surface area (TPSA) is 44.5 Å². The Morgan fingerprint density at radius 1 is 0.750 bits per heavy atom. The predicted molar refractivity (Wildman–Crippen MR) is 173 cm³/mol. The van der Waals surface area contributed by atoms with E-state index in [9.17, 15) is 5.11 Å². The fourth-order valence-electron chi connectivity index (χ4n) is 5.73. The number of hydrogen-bond acceptors (Lipinski definition) is 4. The summed E-state index contributed by atoms with van der Waals surface area (Å²) in [6.07, 6.45) is 2.66. The highest BCUT2D eigenvalue weighted by atomic mass is 35.5. The summed E-state index contributed by atoms with van der Waals surface area (Å²) in [6, 6.07) is 28.2. The molecule has 0 saturated carbocycles. The van der Waals surface area contributed by atoms with Crippen molar-refractivity contribution < 1.29 is 5.11 Å². The molecule has 2 heterocycles. The van der Waals surface area contributed by atoms with Crippen molar-refractivity contribution in [3.05, 3.63) is 101 Å². The molecule has 1 atom stereocenters. The van der Waals surface area contributed by atoms with Crippen molar-refractivity contribution in [2.75, 3.05) is 32.7 Å². The Morgan fingerprint density at radius 2 is 1.35 bits per heavy atom. The summed E-state index contributed by atoms with van der Waals surface area (Å²) >= 11 is 0. The third-order valence-corrected chi connectivity index (χ3v) is 7.59. The summed E-state index contributed by atoms with van der Waals surface area (Å²) in [5, 5.41) is 11.2. The lowest BCUT2D eigenvalue weighted by Gasteiger charge is -2.40. The maximum atomic E-state index is 11.2. The smallest absolute Gasteiger partial charge is 0.109 e. The van der Waals surface area contributed by atoms with E-state index in [0.29, 0.717) is 6.54 Å². The van der Waals surface area contributed by atoms with Crippen molar-refractivity contribution in [3.8, 4) is 0 Å². The quantitative estimate of drug-likeness (QED) is 0.209. The molecule has 5 rings (SSSR count). The minimum Gasteiger partial charge on any atom is -0.387 e. The van der Waals surface area contributed by atoms with Gasteiger partial charge in [0.25, 0.3) is 0 Å². The van der Waals surface area contributed by atoms with Gasteiger partial charge in [-0.1, -0.05) is 80.6 Å². The third-order valence-electron chi connectivity index (χ3n) is 7.59. The fraction of sp³-hybridized carbons (Fsp3) is 0.406. The zero-order valence-electron chi connectivity index (χ0n) is 23.5. The number of imidazole rings is 1. The first kappa shape index (κ1) is 34.1. The number of aryl methyl sites for hydroxylation is 2. The number of rotatable bonds is 10. The van der Waals surface area contributed by atoms with Gasteiger partial charge in [-0.15, -0.1) is 37.2 Å². The van der Waals surface area contributed by atoms with E-state index >= 15 is 0 Å². The van der Waals surface area contributed by atoms with E-state index in [0.717, 1.165) is 68.9 Å². The van der Waals surface area contributed by atoms with E-state index in [-0.39, 0.29) is 43.3 Å². The first-order valence-electron chi connectivity index (χ1n) is 13.9. The number of nitrogens with zero attached hydrogens (tertiary/aromatic N) is 4. The van der Waals surface area contributed by atoms with Crippen molar-refractivity contribution in [2.45, 2.75) is 51.8 Å². The number of benzene rings is 3. The fourth-order valence-corrected chi connectivity index (χ4v) is 5.73. The van der Waals surface area contributed by atoms with Gasteiger partial charge >= 0.3 is 0 Å². The number of fused-ring (bicyclic) bond motifs is 1. The van der Waals surface area contributed by atoms with Crippen LogP contribution in [0.2, 0.25) is 0 Å². The minimum atomic E-state index is -0.513. The van der Waals surface area contributed by atoms with Crippen LogP contribution in [0.1, 0.15) is 61.3 Å². The molecule has 1 N–H and O–H groups in total. The van der Waals surface area contributed by atoms with Crippen molar-refractivity contribution in [3.63, 3.8) is 0 Å². The molecule has 1 aliphatic rings. The van der Waals surface area contributed by atoms with E-state index in [2.05, 4.69) is 107 Å². The number of halogens is 3. The first-order valence-corrected chi connectivity index (χ1v) is 13.9. The molecule has 0 bridgehead atoms. The van der Waals surface area contributed by atoms with Crippen molar-refractivity contribution in [1.82, 2.24) is 19.4 Å². The van der Waals surface area contributed by atoms with Crippen LogP contribution in [0, 0.1) is 0 Å². The predicted octanol–water partition coefficient (Wildman–Crippen LogP) is 7.10. The van der Waals surface area contributed by atoms with Crippen LogP contribution in [0.25, 0.3) is 11.0 Å². The number of hydrogen-bond donors (Lipinski definition) is 1. The van der Waals surface area contributed by atoms with Crippen LogP contribution in [0.15, 0.2) is 78.9 Å². The third kappa shape index (κ3) is 7.79. The molecule has 0 spiro atoms. The molecule has 4 aromatic rings. The number of aliphatic hydroxyl groups is 1. The molecule has 1 fully saturated rings. The summed E-state index contributed by atoms with van der Waals surface area (Å²) in [4.78, 5) is 9.91. The van der Waals surface area contributed by atoms with Crippen molar-refractivity contribution in [1.29, 1.82) is 0 Å². The normalized spacial score (nSPS) is 14.8. The summed E-state index contributed by atoms with van der Waals surface area (Å²) < 4.78 is 2.35. The Kier molecular flexibility index (Phi) is 13.9. The molecule has 3 aromatic carbocycles. The SMILES string of the molecule is CCCc1nc2cc(C(O)CN3CCN(C(c4ccccc4)c4ccccc4)CC3)ccc2n1CCC.Cl.Cl.Cl. The highest BCUT2D eigenvalue weighted by molar-refractivity contribution is 5.86. The van der Waals surface area contributed by atoms with Gasteiger partial charge in [0.1, 0.15) is 5.82 Å². The largest absolute Gasteiger partial charge is 0.387 e. The molecule has 1 aromatic heterocycles. The van der Waals surface area contributed by atoms with Gasteiger partial charge in [0.15, 0.2) is 0 Å². The Morgan fingerprint density at radius 3 is 1.90 bits per heavy atom. The number of β-amino-alcohol motifs (C(OH)–C–C–N with tert-alkyl or cyclic N) is 1. The van der Waals surface area contributed by atoms with E-state index in [1.54, 1.807) is 0 Å². The van der Waals surface area contributed by atoms with Gasteiger partial charge in [-0.2, -0.15) is 0 Å². The van der Waals surface area contributed by atoms with Gasteiger partial charge in [-0.25, -0.2) is 4.98 Å². The maximum Gasteiger partial charge on any atom is 0.109 e. The average molecular weight is 606 g/mol. The van der Waals surface area contributed by atoms with Gasteiger partial charge in [0.05, 0.1) is 23.2 Å². The Bertz CT molecular complexity index is 1240. The van der Waals surface area contributed by atoms with Crippen LogP contribution in [0.3, 0.4) is 0 Å². The summed E-state index contributed by atoms with van der Waals surface area (Å²) in [5.74, 6) is 1.16. The molecule has 1 unspecified atom stereocenters. The minimum absolute atomic E-state index is 0. The zero-order valence-corrected chi connectivity index (χ0v) is 25.9. The van der Waals surface area contributed by atoms with Crippen LogP contribution in [-0.4, -0.2) is 57.2 Å². The summed E-state index contributed by atoms with van der Waals surface area (Å²) in [6.45, 7) is 9.89. The van der Waals surface area contributed by atoms with E-state index in [4.69, 9.17) is 4.98 Å². The Labute approximate surface area is 257 Å². The molecule has 40 heavy (non-hydrogen) atoms. The van der Waals surface area contributed by atoms with Crippen LogP contribution in [-0.2, 0) is 13.0 Å². The second kappa shape index (κ2) is 16.4. The van der Waals surface area contributed by atoms with Gasteiger partial charge in [0.2, 0.25) is 0 Å². The number of aromatic nitrogens is 2. The molecular formula is C32H43Cl3N4O. The molecule has 1 aliphatic heterocycles. The molecular weight excluding hydrogens is 563 g/mol. The maximum absolute atomic E-state index is 11.2. The molecule has 8 heteroatoms. The second-order valence-electron chi connectivity index (χ2n) is 10.3. The van der Waals surface area contributed by atoms with Crippen molar-refractivity contribution in [2.24, 2.45) is 0 Å². The van der Waals surface area contributed by atoms with E-state index < -0.39 is 6.10 Å². The summed E-state index contributed by atoms with van der Waals surface area (Å²) in [5.41, 5.74) is 5.82. The first-order chi connectivity index (χ1) is 18.2. The number of aliphatic hydroxyl groups excluding tert-OH is 1. The lowest BCUT2D eigenvalue weighted by Crippen LogP contribution is -2.48.